The molecule has 0 spiro atoms. The molecule has 0 aromatic heterocycles. The number of Topliss-reactive ketones (excluding diaryl/α,β-unsaturated/α-hetero) is 1. The third-order valence-electron chi connectivity index (χ3n) is 3.78. The van der Waals surface area contributed by atoms with Gasteiger partial charge in [-0.3, -0.25) is 0 Å². The standard InChI is InChI=1S/C18H20S.C5H10.C4H10.C3H6O.2C2H6/c1-6-14(3)8-9-15(4)17-10-12-18(13-11-17)19-16(5)7-2;1-4-5(2)3;1-3-4-2;1-3(2)4;2*1-2/h6-13H,2,4-5H2,1,3H3;4H,1-3H3;3-4H2,1-2H3;1-2H3;2*1-2H3/b9-8-,14-6-;;;;;. The van der Waals surface area contributed by atoms with Crippen LogP contribution in [0, 0.1) is 0 Å². The summed E-state index contributed by atoms with van der Waals surface area (Å²) in [6.07, 6.45) is 12.7. The maximum absolute atomic E-state index is 9.44. The van der Waals surface area contributed by atoms with E-state index in [1.165, 1.54) is 37.8 Å². The summed E-state index contributed by atoms with van der Waals surface area (Å²) in [7, 11) is 0. The highest BCUT2D eigenvalue weighted by atomic mass is 32.2. The normalized spacial score (nSPS) is 8.97. The molecule has 1 aromatic carbocycles. The first-order valence-electron chi connectivity index (χ1n) is 13.1. The Hall–Kier alpha value is -2.32. The fourth-order valence-corrected chi connectivity index (χ4v) is 2.01. The van der Waals surface area contributed by atoms with Gasteiger partial charge in [0.05, 0.1) is 0 Å². The zero-order valence-electron chi connectivity index (χ0n) is 26.0. The van der Waals surface area contributed by atoms with Crippen molar-refractivity contribution in [1.82, 2.24) is 0 Å². The fourth-order valence-electron chi connectivity index (χ4n) is 1.35. The molecule has 0 saturated heterocycles. The van der Waals surface area contributed by atoms with E-state index in [0.717, 1.165) is 20.9 Å². The molecule has 1 rings (SSSR count). The molecule has 36 heavy (non-hydrogen) atoms. The predicted molar refractivity (Wildman–Crippen MR) is 174 cm³/mol. The second-order valence-electron chi connectivity index (χ2n) is 7.46. The Bertz CT molecular complexity index is 749. The number of ketones is 1. The summed E-state index contributed by atoms with van der Waals surface area (Å²) in [5, 5.41) is 0. The molecular weight excluding hydrogens is 456 g/mol. The molecule has 0 unspecified atom stereocenters. The Kier molecular flexibility index (Phi) is 42.3. The molecule has 0 fully saturated rings. The van der Waals surface area contributed by atoms with E-state index < -0.39 is 0 Å². The monoisotopic (exact) mass is 514 g/mol. The summed E-state index contributed by atoms with van der Waals surface area (Å²) in [5.74, 6) is 0.167. The van der Waals surface area contributed by atoms with Crippen molar-refractivity contribution < 1.29 is 4.79 Å². The number of allylic oxidation sites excluding steroid dienone is 8. The first kappa shape index (κ1) is 43.7. The largest absolute Gasteiger partial charge is 0.300 e. The van der Waals surface area contributed by atoms with Gasteiger partial charge in [-0.1, -0.05) is 140 Å². The number of benzene rings is 1. The second kappa shape index (κ2) is 34.8. The lowest BCUT2D eigenvalue weighted by molar-refractivity contribution is -0.114. The molecule has 1 aromatic rings. The van der Waals surface area contributed by atoms with Crippen LogP contribution in [0.5, 0.6) is 0 Å². The molecule has 0 saturated carbocycles. The van der Waals surface area contributed by atoms with Crippen molar-refractivity contribution in [3.63, 3.8) is 0 Å². The van der Waals surface area contributed by atoms with Crippen LogP contribution in [0.2, 0.25) is 0 Å². The van der Waals surface area contributed by atoms with Gasteiger partial charge < -0.3 is 4.79 Å². The number of carbonyl (C=O) groups is 1. The molecule has 0 bridgehead atoms. The summed E-state index contributed by atoms with van der Waals surface area (Å²) in [4.78, 5) is 11.6. The van der Waals surface area contributed by atoms with Crippen molar-refractivity contribution in [2.24, 2.45) is 0 Å². The lowest BCUT2D eigenvalue weighted by Gasteiger charge is -2.04. The van der Waals surface area contributed by atoms with Crippen LogP contribution < -0.4 is 0 Å². The maximum Gasteiger partial charge on any atom is 0.126 e. The lowest BCUT2D eigenvalue weighted by atomic mass is 10.1. The summed E-state index contributed by atoms with van der Waals surface area (Å²) in [5.41, 5.74) is 4.76. The SMILES string of the molecule is C=CC(=C)Sc1ccc(C(=C)/C=C\C(C)=C/C)cc1.CC.CC.CC(C)=O.CC=C(C)C.CCCC. The van der Waals surface area contributed by atoms with Gasteiger partial charge in [0, 0.05) is 9.80 Å². The minimum atomic E-state index is 0.167. The highest BCUT2D eigenvalue weighted by Crippen LogP contribution is 2.27. The lowest BCUT2D eigenvalue weighted by Crippen LogP contribution is -1.80. The molecule has 0 radical (unpaired) electrons. The summed E-state index contributed by atoms with van der Waals surface area (Å²) < 4.78 is 0. The maximum atomic E-state index is 9.44. The molecule has 1 nitrogen and oxygen atoms in total. The molecule has 206 valence electrons. The van der Waals surface area contributed by atoms with Gasteiger partial charge in [-0.15, -0.1) is 0 Å². The third-order valence-corrected chi connectivity index (χ3v) is 4.72. The van der Waals surface area contributed by atoms with Crippen molar-refractivity contribution in [1.29, 1.82) is 0 Å². The van der Waals surface area contributed by atoms with Crippen molar-refractivity contribution in [3.05, 3.63) is 96.0 Å². The first-order chi connectivity index (χ1) is 17.0. The molecule has 2 heteroatoms. The summed E-state index contributed by atoms with van der Waals surface area (Å²) in [6.45, 7) is 37.4. The van der Waals surface area contributed by atoms with Gasteiger partial charge >= 0.3 is 0 Å². The average Bonchev–Trinajstić information content (AvgIpc) is 2.89. The number of thioether (sulfide) groups is 1. The molecular formula is C34H58OS. The smallest absolute Gasteiger partial charge is 0.126 e. The molecule has 0 aliphatic heterocycles. The van der Waals surface area contributed by atoms with Gasteiger partial charge in [-0.2, -0.15) is 0 Å². The van der Waals surface area contributed by atoms with Crippen LogP contribution in [0.15, 0.2) is 95.3 Å². The van der Waals surface area contributed by atoms with E-state index in [0.29, 0.717) is 0 Å². The van der Waals surface area contributed by atoms with Crippen LogP contribution in [0.4, 0.5) is 0 Å². The van der Waals surface area contributed by atoms with Gasteiger partial charge in [0.25, 0.3) is 0 Å². The predicted octanol–water partition coefficient (Wildman–Crippen LogP) is 12.4. The Morgan fingerprint density at radius 3 is 1.47 bits per heavy atom. The van der Waals surface area contributed by atoms with Crippen LogP contribution in [-0.4, -0.2) is 5.78 Å². The Morgan fingerprint density at radius 1 is 0.806 bits per heavy atom. The van der Waals surface area contributed by atoms with Crippen molar-refractivity contribution in [3.8, 4) is 0 Å². The molecule has 0 heterocycles. The Labute approximate surface area is 231 Å². The zero-order valence-corrected chi connectivity index (χ0v) is 26.9. The quantitative estimate of drug-likeness (QED) is 0.204. The number of unbranched alkanes of at least 4 members (excludes halogenated alkanes) is 1. The summed E-state index contributed by atoms with van der Waals surface area (Å²) >= 11 is 1.62. The van der Waals surface area contributed by atoms with E-state index >= 15 is 0 Å². The molecule has 0 aliphatic rings. The number of hydrogen-bond acceptors (Lipinski definition) is 2. The van der Waals surface area contributed by atoms with E-state index in [2.05, 4.69) is 96.8 Å². The average molecular weight is 515 g/mol. The van der Waals surface area contributed by atoms with E-state index in [-0.39, 0.29) is 5.78 Å². The molecule has 0 N–H and O–H groups in total. The van der Waals surface area contributed by atoms with Crippen molar-refractivity contribution >= 4 is 23.1 Å². The van der Waals surface area contributed by atoms with Crippen LogP contribution in [0.25, 0.3) is 5.57 Å². The highest BCUT2D eigenvalue weighted by molar-refractivity contribution is 8.03. The highest BCUT2D eigenvalue weighted by Gasteiger charge is 1.98. The minimum Gasteiger partial charge on any atom is -0.300 e. The van der Waals surface area contributed by atoms with Gasteiger partial charge in [0.1, 0.15) is 5.78 Å². The second-order valence-corrected chi connectivity index (χ2v) is 8.66. The van der Waals surface area contributed by atoms with Gasteiger partial charge in [0.2, 0.25) is 0 Å². The molecule has 0 aliphatic carbocycles. The van der Waals surface area contributed by atoms with Crippen LogP contribution in [0.1, 0.15) is 108 Å². The van der Waals surface area contributed by atoms with E-state index in [4.69, 9.17) is 0 Å². The number of carbonyl (C=O) groups excluding carboxylic acids is 1. The minimum absolute atomic E-state index is 0.167. The van der Waals surface area contributed by atoms with E-state index in [1.807, 2.05) is 47.6 Å². The Morgan fingerprint density at radius 2 is 1.19 bits per heavy atom. The Balaban J connectivity index is -0.000000154. The van der Waals surface area contributed by atoms with Crippen molar-refractivity contribution in [2.75, 3.05) is 0 Å². The van der Waals surface area contributed by atoms with E-state index in [9.17, 15) is 4.79 Å². The van der Waals surface area contributed by atoms with Gasteiger partial charge in [-0.05, 0) is 71.7 Å². The number of rotatable bonds is 7. The number of hydrogen-bond donors (Lipinski definition) is 0. The zero-order chi connectivity index (χ0) is 29.5. The van der Waals surface area contributed by atoms with Crippen molar-refractivity contribution in [2.45, 2.75) is 108 Å². The van der Waals surface area contributed by atoms with Crippen LogP contribution >= 0.6 is 11.8 Å². The van der Waals surface area contributed by atoms with Gasteiger partial charge in [-0.25, -0.2) is 0 Å². The topological polar surface area (TPSA) is 17.1 Å². The van der Waals surface area contributed by atoms with Crippen LogP contribution in [0.3, 0.4) is 0 Å². The summed E-state index contributed by atoms with van der Waals surface area (Å²) in [6, 6.07) is 8.32. The molecule has 0 atom stereocenters. The van der Waals surface area contributed by atoms with Gasteiger partial charge in [0.15, 0.2) is 0 Å². The molecule has 0 amide bonds. The fraction of sp³-hybridized carbons (Fsp3) is 0.441. The third kappa shape index (κ3) is 38.9. The first-order valence-corrected chi connectivity index (χ1v) is 14.0. The van der Waals surface area contributed by atoms with E-state index in [1.54, 1.807) is 17.8 Å². The van der Waals surface area contributed by atoms with Crippen LogP contribution in [-0.2, 0) is 4.79 Å².